The summed E-state index contributed by atoms with van der Waals surface area (Å²) in [6.45, 7) is 20.5. The summed E-state index contributed by atoms with van der Waals surface area (Å²) in [4.78, 5) is 0. The Morgan fingerprint density at radius 2 is 1.23 bits per heavy atom. The molecule has 0 aliphatic rings. The van der Waals surface area contributed by atoms with E-state index in [1.165, 1.54) is 5.56 Å². The van der Waals surface area contributed by atoms with E-state index in [0.29, 0.717) is 22.9 Å². The van der Waals surface area contributed by atoms with Gasteiger partial charge in [-0.1, -0.05) is 76.2 Å². The third kappa shape index (κ3) is 6.03. The molecule has 2 rings (SSSR count). The molecule has 0 aliphatic carbocycles. The summed E-state index contributed by atoms with van der Waals surface area (Å²) in [5.41, 5.74) is 1.07. The smallest absolute Gasteiger partial charge is 0.358 e. The second-order valence-electron chi connectivity index (χ2n) is 9.79. The fourth-order valence-corrected chi connectivity index (χ4v) is 4.93. The number of hydrogen-bond acceptors (Lipinski definition) is 2. The van der Waals surface area contributed by atoms with Crippen LogP contribution in [0.5, 0.6) is 5.75 Å². The third-order valence-corrected chi connectivity index (χ3v) is 6.14. The maximum atomic E-state index is 6.77. The lowest BCUT2D eigenvalue weighted by Crippen LogP contribution is -3.00. The lowest BCUT2D eigenvalue weighted by molar-refractivity contribution is -1.07. The molecule has 2 aromatic carbocycles. The van der Waals surface area contributed by atoms with Crippen LogP contribution in [0.25, 0.3) is 0 Å². The van der Waals surface area contributed by atoms with Crippen LogP contribution in [0.15, 0.2) is 60.7 Å². The lowest BCUT2D eigenvalue weighted by Gasteiger charge is -2.59. The summed E-state index contributed by atoms with van der Waals surface area (Å²) < 4.78 is 14.0. The van der Waals surface area contributed by atoms with E-state index in [4.69, 9.17) is 9.47 Å². The molecule has 174 valence electrons. The number of quaternary nitrogens is 1. The quantitative estimate of drug-likeness (QED) is 0.385. The van der Waals surface area contributed by atoms with E-state index >= 15 is 0 Å². The zero-order valence-corrected chi connectivity index (χ0v) is 21.4. The van der Waals surface area contributed by atoms with Gasteiger partial charge in [-0.05, 0) is 32.9 Å². The predicted molar refractivity (Wildman–Crippen MR) is 126 cm³/mol. The van der Waals surface area contributed by atoms with Gasteiger partial charge < -0.3 is 17.1 Å². The first-order valence-corrected chi connectivity index (χ1v) is 11.4. The van der Waals surface area contributed by atoms with Gasteiger partial charge in [0.1, 0.15) is 11.3 Å². The maximum Gasteiger partial charge on any atom is 0.358 e. The number of nitrogens with zero attached hydrogens (tertiary/aromatic N) is 1. The number of halogens is 1. The van der Waals surface area contributed by atoms with Gasteiger partial charge >= 0.3 is 5.91 Å². The van der Waals surface area contributed by atoms with Crippen LogP contribution in [0, 0.1) is 11.8 Å². The molecule has 0 radical (unpaired) electrons. The second kappa shape index (κ2) is 11.4. The largest absolute Gasteiger partial charge is 1.00 e. The summed E-state index contributed by atoms with van der Waals surface area (Å²) in [6, 6.07) is 20.9. The molecule has 0 saturated carbocycles. The Labute approximate surface area is 196 Å². The molecule has 1 unspecified atom stereocenters. The highest BCUT2D eigenvalue weighted by Crippen LogP contribution is 2.45. The molecule has 0 heterocycles. The molecule has 0 fully saturated rings. The molecule has 0 spiro atoms. The summed E-state index contributed by atoms with van der Waals surface area (Å²) in [5, 5.41) is 0. The molecule has 0 bridgehead atoms. The van der Waals surface area contributed by atoms with Gasteiger partial charge in [-0.2, -0.15) is 0 Å². The van der Waals surface area contributed by atoms with Crippen LogP contribution in [-0.2, 0) is 10.3 Å². The van der Waals surface area contributed by atoms with Gasteiger partial charge in [-0.15, -0.1) is 0 Å². The van der Waals surface area contributed by atoms with Crippen molar-refractivity contribution in [2.24, 2.45) is 11.8 Å². The molecule has 0 amide bonds. The second-order valence-corrected chi connectivity index (χ2v) is 9.79. The average Bonchev–Trinajstić information content (AvgIpc) is 2.68. The molecular formula is C27H42ClNO2. The summed E-state index contributed by atoms with van der Waals surface area (Å²) >= 11 is 0. The van der Waals surface area contributed by atoms with Gasteiger partial charge in [-0.25, -0.2) is 0 Å². The summed E-state index contributed by atoms with van der Waals surface area (Å²) in [5.74, 6) is 0.952. The van der Waals surface area contributed by atoms with Crippen molar-refractivity contribution in [3.05, 3.63) is 66.2 Å². The van der Waals surface area contributed by atoms with Crippen molar-refractivity contribution in [1.82, 2.24) is 0 Å². The third-order valence-electron chi connectivity index (χ3n) is 6.14. The van der Waals surface area contributed by atoms with Crippen LogP contribution >= 0.6 is 0 Å². The van der Waals surface area contributed by atoms with Gasteiger partial charge in [0, 0.05) is 17.4 Å². The Morgan fingerprint density at radius 1 is 0.774 bits per heavy atom. The minimum Gasteiger partial charge on any atom is -1.00 e. The molecular weight excluding hydrogens is 406 g/mol. The number of benzene rings is 2. The molecule has 0 aliphatic heterocycles. The molecule has 31 heavy (non-hydrogen) atoms. The highest BCUT2D eigenvalue weighted by molar-refractivity contribution is 5.23. The zero-order valence-electron chi connectivity index (χ0n) is 20.7. The topological polar surface area (TPSA) is 18.5 Å². The van der Waals surface area contributed by atoms with E-state index in [9.17, 15) is 0 Å². The number of rotatable bonds is 11. The van der Waals surface area contributed by atoms with E-state index in [-0.39, 0.29) is 17.9 Å². The van der Waals surface area contributed by atoms with Crippen LogP contribution in [0.1, 0.15) is 61.0 Å². The highest BCUT2D eigenvalue weighted by atomic mass is 35.5. The van der Waals surface area contributed by atoms with Crippen molar-refractivity contribution in [3.8, 4) is 5.75 Å². The average molecular weight is 448 g/mol. The minimum atomic E-state index is -0.843. The lowest BCUT2D eigenvalue weighted by atomic mass is 9.85. The van der Waals surface area contributed by atoms with Crippen molar-refractivity contribution in [2.45, 2.75) is 66.8 Å². The Bertz CT molecular complexity index is 751. The van der Waals surface area contributed by atoms with E-state index in [2.05, 4.69) is 85.7 Å². The van der Waals surface area contributed by atoms with Crippen molar-refractivity contribution in [2.75, 3.05) is 19.7 Å². The minimum absolute atomic E-state index is 0. The van der Waals surface area contributed by atoms with Crippen LogP contribution in [-0.4, -0.2) is 30.1 Å². The Hall–Kier alpha value is -1.55. The fraction of sp³-hybridized carbons (Fsp3) is 0.556. The van der Waals surface area contributed by atoms with E-state index in [0.717, 1.165) is 18.8 Å². The molecule has 3 nitrogen and oxygen atoms in total. The Balaban J connectivity index is 0.00000480. The normalized spacial score (nSPS) is 14.3. The van der Waals surface area contributed by atoms with Crippen LogP contribution in [0.4, 0.5) is 0 Å². The van der Waals surface area contributed by atoms with Gasteiger partial charge in [-0.3, -0.25) is 9.22 Å². The summed E-state index contributed by atoms with van der Waals surface area (Å²) in [6.07, 6.45) is 0. The van der Waals surface area contributed by atoms with Gasteiger partial charge in [0.15, 0.2) is 0 Å². The highest BCUT2D eigenvalue weighted by Gasteiger charge is 2.60. The predicted octanol–water partition coefficient (Wildman–Crippen LogP) is 3.84. The van der Waals surface area contributed by atoms with Gasteiger partial charge in [0.05, 0.1) is 26.6 Å². The Kier molecular flexibility index (Phi) is 10.1. The molecule has 0 N–H and O–H groups in total. The maximum absolute atomic E-state index is 6.77. The zero-order chi connectivity index (χ0) is 22.4. The molecule has 2 aromatic rings. The van der Waals surface area contributed by atoms with Crippen LogP contribution < -0.4 is 17.1 Å². The fourth-order valence-electron chi connectivity index (χ4n) is 4.93. The van der Waals surface area contributed by atoms with E-state index in [1.54, 1.807) is 0 Å². The molecule has 1 atom stereocenters. The first-order valence-electron chi connectivity index (χ1n) is 11.4. The van der Waals surface area contributed by atoms with Crippen molar-refractivity contribution >= 4 is 0 Å². The van der Waals surface area contributed by atoms with Crippen LogP contribution in [0.2, 0.25) is 0 Å². The van der Waals surface area contributed by atoms with Crippen molar-refractivity contribution in [1.29, 1.82) is 0 Å². The van der Waals surface area contributed by atoms with E-state index in [1.807, 2.05) is 30.3 Å². The first-order chi connectivity index (χ1) is 14.1. The van der Waals surface area contributed by atoms with Gasteiger partial charge in [0.2, 0.25) is 0 Å². The molecule has 0 saturated heterocycles. The number of hydrogen-bond donors (Lipinski definition) is 0. The Morgan fingerprint density at radius 3 is 1.65 bits per heavy atom. The monoisotopic (exact) mass is 447 g/mol. The van der Waals surface area contributed by atoms with Crippen molar-refractivity contribution in [3.63, 3.8) is 0 Å². The van der Waals surface area contributed by atoms with Gasteiger partial charge in [0.25, 0.3) is 0 Å². The summed E-state index contributed by atoms with van der Waals surface area (Å²) in [7, 11) is 0. The number of para-hydroxylation sites is 1. The van der Waals surface area contributed by atoms with Crippen LogP contribution in [0.3, 0.4) is 0 Å². The molecule has 4 heteroatoms. The first kappa shape index (κ1) is 27.5. The van der Waals surface area contributed by atoms with E-state index < -0.39 is 5.91 Å². The SMILES string of the molecule is CCOC(C)(Oc1ccccc1)[N+](CC(C)C)(CC(C)C)C(C)(C)c1ccccc1.[Cl-]. The standard InChI is InChI=1S/C27H42NO2.ClH/c1-9-29-27(8,30-25-18-14-11-15-19-25)28(20-22(2)3,21-23(4)5)26(6,7)24-16-12-10-13-17-24;/h10-19,22-23H,9,20-21H2,1-8H3;1H/q+1;/p-1. The molecule has 0 aromatic heterocycles. The number of ether oxygens (including phenoxy) is 2. The van der Waals surface area contributed by atoms with Crippen molar-refractivity contribution < 1.29 is 26.4 Å².